The Labute approximate surface area is 140 Å². The van der Waals surface area contributed by atoms with Crippen LogP contribution in [0.15, 0.2) is 0 Å². The van der Waals surface area contributed by atoms with Crippen molar-refractivity contribution in [3.8, 4) is 0 Å². The van der Waals surface area contributed by atoms with Crippen LogP contribution in [0.25, 0.3) is 0 Å². The van der Waals surface area contributed by atoms with E-state index < -0.39 is 5.97 Å². The second kappa shape index (κ2) is 8.31. The number of amides is 2. The van der Waals surface area contributed by atoms with Crippen molar-refractivity contribution >= 4 is 28.3 Å². The van der Waals surface area contributed by atoms with E-state index in [1.165, 1.54) is 28.2 Å². The number of carbonyl (C=O) groups is 2. The second-order valence-corrected chi connectivity index (χ2v) is 6.79. The summed E-state index contributed by atoms with van der Waals surface area (Å²) in [4.78, 5) is 27.1. The lowest BCUT2D eigenvalue weighted by Gasteiger charge is -2.17. The SMILES string of the molecule is COC(=O)c1c(NC(=O)N(C)CCCO)sc2c1CCCCC2. The normalized spacial score (nSPS) is 13.9. The zero-order chi connectivity index (χ0) is 16.8. The Hall–Kier alpha value is -1.60. The first kappa shape index (κ1) is 17.7. The molecular weight excluding hydrogens is 316 g/mol. The summed E-state index contributed by atoms with van der Waals surface area (Å²) < 4.78 is 4.92. The Morgan fingerprint density at radius 2 is 2.04 bits per heavy atom. The number of nitrogens with zero attached hydrogens (tertiary/aromatic N) is 1. The zero-order valence-corrected chi connectivity index (χ0v) is 14.5. The summed E-state index contributed by atoms with van der Waals surface area (Å²) in [5, 5.41) is 12.3. The van der Waals surface area contributed by atoms with Crippen molar-refractivity contribution in [3.63, 3.8) is 0 Å². The monoisotopic (exact) mass is 340 g/mol. The molecule has 7 heteroatoms. The van der Waals surface area contributed by atoms with Gasteiger partial charge in [-0.15, -0.1) is 11.3 Å². The number of aryl methyl sites for hydroxylation is 1. The van der Waals surface area contributed by atoms with Crippen molar-refractivity contribution in [1.82, 2.24) is 4.90 Å². The molecule has 2 amide bonds. The molecule has 0 radical (unpaired) electrons. The lowest BCUT2D eigenvalue weighted by molar-refractivity contribution is 0.0601. The third-order valence-corrected chi connectivity index (χ3v) is 5.24. The zero-order valence-electron chi connectivity index (χ0n) is 13.7. The summed E-state index contributed by atoms with van der Waals surface area (Å²) in [5.74, 6) is -0.391. The molecule has 1 heterocycles. The third-order valence-electron chi connectivity index (χ3n) is 4.03. The Kier molecular flexibility index (Phi) is 6.41. The van der Waals surface area contributed by atoms with Gasteiger partial charge in [0.05, 0.1) is 12.7 Å². The van der Waals surface area contributed by atoms with Gasteiger partial charge in [0, 0.05) is 25.1 Å². The molecule has 0 bridgehead atoms. The number of aliphatic hydroxyl groups is 1. The largest absolute Gasteiger partial charge is 0.465 e. The fraction of sp³-hybridized carbons (Fsp3) is 0.625. The number of urea groups is 1. The Bertz CT molecular complexity index is 571. The first-order valence-corrected chi connectivity index (χ1v) is 8.76. The number of esters is 1. The molecule has 1 aliphatic carbocycles. The molecule has 2 rings (SSSR count). The summed E-state index contributed by atoms with van der Waals surface area (Å²) >= 11 is 1.48. The molecule has 0 saturated carbocycles. The van der Waals surface area contributed by atoms with Crippen molar-refractivity contribution in [2.24, 2.45) is 0 Å². The van der Waals surface area contributed by atoms with E-state index in [1.807, 2.05) is 0 Å². The number of methoxy groups -OCH3 is 1. The van der Waals surface area contributed by atoms with Gasteiger partial charge in [0.2, 0.25) is 0 Å². The molecule has 23 heavy (non-hydrogen) atoms. The molecule has 1 aromatic rings. The van der Waals surface area contributed by atoms with Crippen LogP contribution in [0.4, 0.5) is 9.80 Å². The van der Waals surface area contributed by atoms with Crippen LogP contribution in [0.1, 0.15) is 46.5 Å². The van der Waals surface area contributed by atoms with Crippen LogP contribution in [-0.4, -0.2) is 49.3 Å². The summed E-state index contributed by atoms with van der Waals surface area (Å²) in [5.41, 5.74) is 1.55. The molecule has 128 valence electrons. The van der Waals surface area contributed by atoms with Gasteiger partial charge >= 0.3 is 12.0 Å². The molecule has 1 aliphatic rings. The molecule has 1 aromatic heterocycles. The number of nitrogens with one attached hydrogen (secondary N) is 1. The first-order chi connectivity index (χ1) is 11.1. The summed E-state index contributed by atoms with van der Waals surface area (Å²) in [7, 11) is 3.03. The lowest BCUT2D eigenvalue weighted by atomic mass is 10.1. The summed E-state index contributed by atoms with van der Waals surface area (Å²) in [6, 6.07) is -0.278. The topological polar surface area (TPSA) is 78.9 Å². The Balaban J connectivity index is 2.24. The van der Waals surface area contributed by atoms with Gasteiger partial charge in [0.15, 0.2) is 0 Å². The van der Waals surface area contributed by atoms with Gasteiger partial charge in [-0.1, -0.05) is 6.42 Å². The third kappa shape index (κ3) is 4.23. The highest BCUT2D eigenvalue weighted by Crippen LogP contribution is 2.38. The standard InChI is InChI=1S/C16H24N2O4S/c1-18(9-6-10-19)16(21)17-14-13(15(20)22-2)11-7-4-3-5-8-12(11)23-14/h19H,3-10H2,1-2H3,(H,17,21). The van der Waals surface area contributed by atoms with E-state index in [1.54, 1.807) is 7.05 Å². The molecule has 2 N–H and O–H groups in total. The fourth-order valence-electron chi connectivity index (χ4n) is 2.75. The maximum atomic E-state index is 12.2. The molecule has 6 nitrogen and oxygen atoms in total. The number of anilines is 1. The smallest absolute Gasteiger partial charge is 0.341 e. The minimum Gasteiger partial charge on any atom is -0.465 e. The maximum Gasteiger partial charge on any atom is 0.341 e. The number of thiophene rings is 1. The number of aliphatic hydroxyl groups excluding tert-OH is 1. The summed E-state index contributed by atoms with van der Waals surface area (Å²) in [6.07, 6.45) is 5.64. The predicted octanol–water partition coefficient (Wildman–Crippen LogP) is 2.65. The highest BCUT2D eigenvalue weighted by atomic mass is 32.1. The van der Waals surface area contributed by atoms with Crippen LogP contribution in [0.5, 0.6) is 0 Å². The van der Waals surface area contributed by atoms with E-state index in [2.05, 4.69) is 5.32 Å². The van der Waals surface area contributed by atoms with E-state index in [-0.39, 0.29) is 12.6 Å². The average molecular weight is 340 g/mol. The molecule has 0 saturated heterocycles. The van der Waals surface area contributed by atoms with Crippen LogP contribution in [0.2, 0.25) is 0 Å². The van der Waals surface area contributed by atoms with Crippen LogP contribution >= 0.6 is 11.3 Å². The first-order valence-electron chi connectivity index (χ1n) is 7.94. The van der Waals surface area contributed by atoms with Gasteiger partial charge in [-0.25, -0.2) is 9.59 Å². The van der Waals surface area contributed by atoms with E-state index >= 15 is 0 Å². The van der Waals surface area contributed by atoms with Crippen LogP contribution in [0.3, 0.4) is 0 Å². The molecule has 0 atom stereocenters. The minimum absolute atomic E-state index is 0.0400. The predicted molar refractivity (Wildman–Crippen MR) is 90.3 cm³/mol. The van der Waals surface area contributed by atoms with Gasteiger partial charge in [0.25, 0.3) is 0 Å². The maximum absolute atomic E-state index is 12.2. The highest BCUT2D eigenvalue weighted by molar-refractivity contribution is 7.17. The van der Waals surface area contributed by atoms with Gasteiger partial charge in [-0.3, -0.25) is 5.32 Å². The van der Waals surface area contributed by atoms with E-state index in [4.69, 9.17) is 9.84 Å². The van der Waals surface area contributed by atoms with Crippen molar-refractivity contribution in [1.29, 1.82) is 0 Å². The molecule has 0 aliphatic heterocycles. The molecule has 0 spiro atoms. The highest BCUT2D eigenvalue weighted by Gasteiger charge is 2.26. The number of hydrogen-bond acceptors (Lipinski definition) is 5. The van der Waals surface area contributed by atoms with Crippen LogP contribution < -0.4 is 5.32 Å². The van der Waals surface area contributed by atoms with Gasteiger partial charge < -0.3 is 14.7 Å². The van der Waals surface area contributed by atoms with Crippen molar-refractivity contribution in [2.75, 3.05) is 32.6 Å². The quantitative estimate of drug-likeness (QED) is 0.638. The van der Waals surface area contributed by atoms with Crippen LogP contribution in [-0.2, 0) is 17.6 Å². The lowest BCUT2D eigenvalue weighted by Crippen LogP contribution is -2.32. The molecule has 0 aromatic carbocycles. The van der Waals surface area contributed by atoms with E-state index in [9.17, 15) is 9.59 Å². The number of rotatable bonds is 5. The number of ether oxygens (including phenoxy) is 1. The Morgan fingerprint density at radius 1 is 1.30 bits per heavy atom. The van der Waals surface area contributed by atoms with Gasteiger partial charge in [0.1, 0.15) is 5.00 Å². The summed E-state index contributed by atoms with van der Waals surface area (Å²) in [6.45, 7) is 0.499. The van der Waals surface area contributed by atoms with Crippen molar-refractivity contribution in [2.45, 2.75) is 38.5 Å². The molecule has 0 unspecified atom stereocenters. The number of carbonyl (C=O) groups excluding carboxylic acids is 2. The van der Waals surface area contributed by atoms with E-state index in [0.717, 1.165) is 37.7 Å². The minimum atomic E-state index is -0.391. The van der Waals surface area contributed by atoms with Crippen LogP contribution in [0, 0.1) is 0 Å². The average Bonchev–Trinajstić information content (AvgIpc) is 2.72. The number of fused-ring (bicyclic) bond motifs is 1. The van der Waals surface area contributed by atoms with E-state index in [0.29, 0.717) is 23.5 Å². The molecule has 0 fully saturated rings. The fourth-order valence-corrected chi connectivity index (χ4v) is 4.02. The molecular formula is C16H24N2O4S. The second-order valence-electron chi connectivity index (χ2n) is 5.69. The van der Waals surface area contributed by atoms with Gasteiger partial charge in [-0.05, 0) is 37.7 Å². The number of hydrogen-bond donors (Lipinski definition) is 2. The van der Waals surface area contributed by atoms with Crippen molar-refractivity contribution in [3.05, 3.63) is 16.0 Å². The van der Waals surface area contributed by atoms with Crippen molar-refractivity contribution < 1.29 is 19.4 Å². The Morgan fingerprint density at radius 3 is 2.74 bits per heavy atom. The van der Waals surface area contributed by atoms with Gasteiger partial charge in [-0.2, -0.15) is 0 Å².